The van der Waals surface area contributed by atoms with Gasteiger partial charge in [-0.1, -0.05) is 0 Å². The van der Waals surface area contributed by atoms with Crippen LogP contribution in [0.4, 0.5) is 10.1 Å². The Labute approximate surface area is 124 Å². The summed E-state index contributed by atoms with van der Waals surface area (Å²) in [5.41, 5.74) is 0.636. The van der Waals surface area contributed by atoms with Crippen molar-refractivity contribution in [1.82, 2.24) is 4.90 Å². The molecule has 0 amide bonds. The fourth-order valence-electron chi connectivity index (χ4n) is 2.27. The second-order valence-corrected chi connectivity index (χ2v) is 5.03. The van der Waals surface area contributed by atoms with Crippen LogP contribution >= 0.6 is 0 Å². The third-order valence-electron chi connectivity index (χ3n) is 3.35. The normalized spacial score (nSPS) is 17.5. The number of aliphatic hydroxyl groups is 1. The van der Waals surface area contributed by atoms with Gasteiger partial charge in [0.2, 0.25) is 0 Å². The first kappa shape index (κ1) is 16.0. The summed E-state index contributed by atoms with van der Waals surface area (Å²) in [6.07, 6.45) is -0.502. The monoisotopic (exact) mass is 298 g/mol. The molecule has 0 aliphatic carbocycles. The number of hydrogen-bond acceptors (Lipinski definition) is 5. The Kier molecular flexibility index (Phi) is 6.22. The Bertz CT molecular complexity index is 439. The highest BCUT2D eigenvalue weighted by Crippen LogP contribution is 2.21. The van der Waals surface area contributed by atoms with Gasteiger partial charge in [0.15, 0.2) is 11.6 Å². The fourth-order valence-corrected chi connectivity index (χ4v) is 2.27. The smallest absolute Gasteiger partial charge is 0.167 e. The van der Waals surface area contributed by atoms with Crippen LogP contribution in [0.25, 0.3) is 0 Å². The Morgan fingerprint density at radius 3 is 2.86 bits per heavy atom. The van der Waals surface area contributed by atoms with Crippen LogP contribution in [-0.2, 0) is 4.74 Å². The first-order valence-electron chi connectivity index (χ1n) is 7.33. The van der Waals surface area contributed by atoms with Gasteiger partial charge in [0.05, 0.1) is 25.9 Å². The molecular weight excluding hydrogens is 275 g/mol. The van der Waals surface area contributed by atoms with E-state index in [1.54, 1.807) is 12.1 Å². The maximum Gasteiger partial charge on any atom is 0.167 e. The van der Waals surface area contributed by atoms with E-state index in [1.165, 1.54) is 6.07 Å². The number of morpholine rings is 1. The summed E-state index contributed by atoms with van der Waals surface area (Å²) >= 11 is 0. The molecule has 1 unspecified atom stereocenters. The second kappa shape index (κ2) is 8.17. The Morgan fingerprint density at radius 1 is 1.43 bits per heavy atom. The van der Waals surface area contributed by atoms with Crippen LogP contribution in [0.2, 0.25) is 0 Å². The number of benzene rings is 1. The van der Waals surface area contributed by atoms with E-state index in [-0.39, 0.29) is 5.75 Å². The van der Waals surface area contributed by atoms with Gasteiger partial charge in [0.25, 0.3) is 0 Å². The summed E-state index contributed by atoms with van der Waals surface area (Å²) in [4.78, 5) is 2.16. The molecule has 1 saturated heterocycles. The zero-order valence-electron chi connectivity index (χ0n) is 12.3. The molecule has 6 heteroatoms. The predicted octanol–water partition coefficient (Wildman–Crippen LogP) is 1.33. The van der Waals surface area contributed by atoms with Gasteiger partial charge in [0, 0.05) is 37.9 Å². The summed E-state index contributed by atoms with van der Waals surface area (Å²) < 4.78 is 24.1. The lowest BCUT2D eigenvalue weighted by Gasteiger charge is -2.28. The predicted molar refractivity (Wildman–Crippen MR) is 79.3 cm³/mol. The topological polar surface area (TPSA) is 54.0 Å². The van der Waals surface area contributed by atoms with E-state index >= 15 is 0 Å². The minimum absolute atomic E-state index is 0.247. The van der Waals surface area contributed by atoms with Crippen molar-refractivity contribution >= 4 is 5.69 Å². The Hall–Kier alpha value is -1.37. The third kappa shape index (κ3) is 5.15. The van der Waals surface area contributed by atoms with Gasteiger partial charge < -0.3 is 19.9 Å². The molecule has 1 atom stereocenters. The van der Waals surface area contributed by atoms with Gasteiger partial charge in [-0.25, -0.2) is 4.39 Å². The Balaban J connectivity index is 1.77. The van der Waals surface area contributed by atoms with Crippen molar-refractivity contribution in [3.05, 3.63) is 24.0 Å². The third-order valence-corrected chi connectivity index (χ3v) is 3.35. The van der Waals surface area contributed by atoms with Crippen molar-refractivity contribution < 1.29 is 19.0 Å². The van der Waals surface area contributed by atoms with E-state index in [4.69, 9.17) is 9.47 Å². The number of halogens is 1. The molecule has 21 heavy (non-hydrogen) atoms. The van der Waals surface area contributed by atoms with E-state index in [9.17, 15) is 9.50 Å². The minimum atomic E-state index is -0.502. The van der Waals surface area contributed by atoms with Crippen LogP contribution < -0.4 is 10.1 Å². The zero-order valence-corrected chi connectivity index (χ0v) is 12.3. The van der Waals surface area contributed by atoms with E-state index < -0.39 is 11.9 Å². The quantitative estimate of drug-likeness (QED) is 0.795. The van der Waals surface area contributed by atoms with E-state index in [1.807, 2.05) is 6.92 Å². The van der Waals surface area contributed by atoms with Crippen LogP contribution in [0.3, 0.4) is 0 Å². The Morgan fingerprint density at radius 2 is 2.19 bits per heavy atom. The van der Waals surface area contributed by atoms with Crippen molar-refractivity contribution in [2.24, 2.45) is 0 Å². The van der Waals surface area contributed by atoms with Crippen LogP contribution in [0.15, 0.2) is 18.2 Å². The fraction of sp³-hybridized carbons (Fsp3) is 0.600. The molecule has 5 nitrogen and oxygen atoms in total. The summed E-state index contributed by atoms with van der Waals surface area (Å²) in [6.45, 7) is 6.33. The van der Waals surface area contributed by atoms with Gasteiger partial charge in [-0.15, -0.1) is 0 Å². The highest BCUT2D eigenvalue weighted by molar-refractivity contribution is 5.47. The van der Waals surface area contributed by atoms with Gasteiger partial charge in [0.1, 0.15) is 0 Å². The lowest BCUT2D eigenvalue weighted by atomic mass is 10.2. The number of ether oxygens (including phenoxy) is 2. The number of β-amino-alcohol motifs (C(OH)–C–C–N with tert-alkyl or cyclic N) is 1. The van der Waals surface area contributed by atoms with E-state index in [2.05, 4.69) is 10.2 Å². The lowest BCUT2D eigenvalue weighted by molar-refractivity contribution is 0.0171. The summed E-state index contributed by atoms with van der Waals surface area (Å²) in [5, 5.41) is 13.0. The van der Waals surface area contributed by atoms with Crippen LogP contribution in [-0.4, -0.2) is 62.1 Å². The van der Waals surface area contributed by atoms with Gasteiger partial charge in [-0.05, 0) is 19.1 Å². The summed E-state index contributed by atoms with van der Waals surface area (Å²) in [5.74, 6) is -0.151. The summed E-state index contributed by atoms with van der Waals surface area (Å²) in [6, 6.07) is 4.72. The number of anilines is 1. The molecule has 0 spiro atoms. The average Bonchev–Trinajstić information content (AvgIpc) is 2.49. The zero-order chi connectivity index (χ0) is 15.1. The van der Waals surface area contributed by atoms with Gasteiger partial charge in [-0.2, -0.15) is 0 Å². The first-order chi connectivity index (χ1) is 10.2. The molecule has 1 aliphatic heterocycles. The highest BCUT2D eigenvalue weighted by atomic mass is 19.1. The standard InChI is InChI=1S/C15H23FN2O3/c1-2-21-15-4-3-12(9-14(15)16)17-10-13(19)11-18-5-7-20-8-6-18/h3-4,9,13,17,19H,2,5-8,10-11H2,1H3. The molecule has 1 aromatic carbocycles. The number of nitrogens with zero attached hydrogens (tertiary/aromatic N) is 1. The highest BCUT2D eigenvalue weighted by Gasteiger charge is 2.14. The van der Waals surface area contributed by atoms with Crippen molar-refractivity contribution in [3.8, 4) is 5.75 Å². The molecule has 0 aromatic heterocycles. The number of rotatable bonds is 7. The van der Waals surface area contributed by atoms with Crippen molar-refractivity contribution in [2.45, 2.75) is 13.0 Å². The van der Waals surface area contributed by atoms with E-state index in [0.29, 0.717) is 38.6 Å². The van der Waals surface area contributed by atoms with Crippen LogP contribution in [0, 0.1) is 5.82 Å². The molecule has 2 rings (SSSR count). The number of nitrogens with one attached hydrogen (secondary N) is 1. The van der Waals surface area contributed by atoms with Crippen molar-refractivity contribution in [1.29, 1.82) is 0 Å². The molecule has 1 heterocycles. The molecule has 1 aliphatic rings. The molecular formula is C15H23FN2O3. The summed E-state index contributed by atoms with van der Waals surface area (Å²) in [7, 11) is 0. The molecule has 0 radical (unpaired) electrons. The maximum atomic E-state index is 13.7. The largest absolute Gasteiger partial charge is 0.491 e. The average molecular weight is 298 g/mol. The van der Waals surface area contributed by atoms with Crippen molar-refractivity contribution in [2.75, 3.05) is 51.3 Å². The molecule has 1 fully saturated rings. The van der Waals surface area contributed by atoms with Crippen LogP contribution in [0.1, 0.15) is 6.92 Å². The lowest BCUT2D eigenvalue weighted by Crippen LogP contribution is -2.42. The molecule has 0 saturated carbocycles. The molecule has 2 N–H and O–H groups in total. The number of aliphatic hydroxyl groups excluding tert-OH is 1. The second-order valence-electron chi connectivity index (χ2n) is 5.03. The minimum Gasteiger partial charge on any atom is -0.491 e. The molecule has 118 valence electrons. The SMILES string of the molecule is CCOc1ccc(NCC(O)CN2CCOCC2)cc1F. The maximum absolute atomic E-state index is 13.7. The van der Waals surface area contributed by atoms with Crippen molar-refractivity contribution in [3.63, 3.8) is 0 Å². The molecule has 0 bridgehead atoms. The van der Waals surface area contributed by atoms with Gasteiger partial charge >= 0.3 is 0 Å². The van der Waals surface area contributed by atoms with E-state index in [0.717, 1.165) is 13.1 Å². The van der Waals surface area contributed by atoms with Gasteiger partial charge in [-0.3, -0.25) is 4.90 Å². The van der Waals surface area contributed by atoms with Crippen LogP contribution in [0.5, 0.6) is 5.75 Å². The molecule has 1 aromatic rings. The first-order valence-corrected chi connectivity index (χ1v) is 7.33. The number of hydrogen-bond donors (Lipinski definition) is 2.